The van der Waals surface area contributed by atoms with E-state index in [4.69, 9.17) is 19.7 Å². The number of allylic oxidation sites excluding steroid dienone is 3. The highest BCUT2D eigenvalue weighted by Gasteiger charge is 2.15. The minimum absolute atomic E-state index is 0.0186. The fourth-order valence-corrected chi connectivity index (χ4v) is 2.33. The number of carbonyl (C=O) groups excluding carboxylic acids is 1. The first-order valence-corrected chi connectivity index (χ1v) is 11.0. The van der Waals surface area contributed by atoms with Gasteiger partial charge in [0.05, 0.1) is 17.4 Å². The van der Waals surface area contributed by atoms with Crippen molar-refractivity contribution in [3.63, 3.8) is 0 Å². The topological polar surface area (TPSA) is 182 Å². The predicted octanol–water partition coefficient (Wildman–Crippen LogP) is 1.43. The number of carboxylic acids is 2. The van der Waals surface area contributed by atoms with Crippen molar-refractivity contribution in [3.05, 3.63) is 76.9 Å². The van der Waals surface area contributed by atoms with Gasteiger partial charge in [-0.2, -0.15) is 4.83 Å². The number of ether oxygens (including phenoxy) is 2. The zero-order chi connectivity index (χ0) is 24.6. The second-order valence-corrected chi connectivity index (χ2v) is 8.27. The molecule has 1 aliphatic heterocycles. The SMILES string of the molecule is CS(=O)(=O)NN.O=C(O)c1cccc(C(=O)O)c1.O=C1C=CC1=Cc1ccc2c(c1)OCO2. The van der Waals surface area contributed by atoms with Gasteiger partial charge in [0, 0.05) is 5.57 Å². The molecule has 0 bridgehead atoms. The van der Waals surface area contributed by atoms with Gasteiger partial charge in [0.25, 0.3) is 0 Å². The van der Waals surface area contributed by atoms with Gasteiger partial charge in [-0.3, -0.25) is 10.6 Å². The Balaban J connectivity index is 0.000000193. The third-order valence-electron chi connectivity index (χ3n) is 3.99. The largest absolute Gasteiger partial charge is 0.478 e. The third kappa shape index (κ3) is 7.88. The van der Waals surface area contributed by atoms with Crippen molar-refractivity contribution in [2.24, 2.45) is 5.84 Å². The Morgan fingerprint density at radius 2 is 1.58 bits per heavy atom. The fourth-order valence-electron chi connectivity index (χ4n) is 2.33. The van der Waals surface area contributed by atoms with Crippen LogP contribution in [0.4, 0.5) is 0 Å². The Kier molecular flexibility index (Phi) is 8.45. The number of carbonyl (C=O) groups is 3. The van der Waals surface area contributed by atoms with Crippen molar-refractivity contribution in [3.8, 4) is 11.5 Å². The number of hydrogen-bond donors (Lipinski definition) is 4. The van der Waals surface area contributed by atoms with Crippen molar-refractivity contribution >= 4 is 33.8 Å². The number of ketones is 1. The molecule has 0 aromatic heterocycles. The number of hydrazine groups is 1. The fraction of sp³-hybridized carbons (Fsp3) is 0.0952. The van der Waals surface area contributed by atoms with Crippen LogP contribution in [0, 0.1) is 0 Å². The van der Waals surface area contributed by atoms with Crippen LogP contribution in [0.5, 0.6) is 11.5 Å². The first-order chi connectivity index (χ1) is 15.5. The van der Waals surface area contributed by atoms with Crippen LogP contribution in [0.25, 0.3) is 6.08 Å². The normalized spacial score (nSPS) is 14.4. The van der Waals surface area contributed by atoms with Crippen molar-refractivity contribution in [1.82, 2.24) is 4.83 Å². The maximum atomic E-state index is 11.1. The number of sulfonamides is 1. The molecule has 2 aromatic rings. The molecule has 33 heavy (non-hydrogen) atoms. The smallest absolute Gasteiger partial charge is 0.335 e. The molecule has 0 fully saturated rings. The highest BCUT2D eigenvalue weighted by molar-refractivity contribution is 7.88. The Bertz CT molecular complexity index is 1200. The van der Waals surface area contributed by atoms with Crippen LogP contribution in [0.3, 0.4) is 0 Å². The van der Waals surface area contributed by atoms with Crippen LogP contribution in [0.2, 0.25) is 0 Å². The van der Waals surface area contributed by atoms with Crippen molar-refractivity contribution in [2.75, 3.05) is 13.0 Å². The van der Waals surface area contributed by atoms with Gasteiger partial charge < -0.3 is 19.7 Å². The van der Waals surface area contributed by atoms with Crippen molar-refractivity contribution in [1.29, 1.82) is 0 Å². The molecule has 5 N–H and O–H groups in total. The number of carboxylic acid groups (broad SMARTS) is 2. The number of nitrogens with one attached hydrogen (secondary N) is 1. The summed E-state index contributed by atoms with van der Waals surface area (Å²) in [5.41, 5.74) is 1.64. The summed E-state index contributed by atoms with van der Waals surface area (Å²) in [6.45, 7) is 0.272. The number of aromatic carboxylic acids is 2. The average Bonchev–Trinajstić information content (AvgIpc) is 3.25. The molecule has 11 nitrogen and oxygen atoms in total. The molecule has 0 radical (unpaired) electrons. The van der Waals surface area contributed by atoms with E-state index in [0.29, 0.717) is 0 Å². The lowest BCUT2D eigenvalue weighted by Gasteiger charge is -2.05. The number of fused-ring (bicyclic) bond motifs is 1. The van der Waals surface area contributed by atoms with Crippen molar-refractivity contribution < 1.29 is 42.5 Å². The maximum Gasteiger partial charge on any atom is 0.335 e. The van der Waals surface area contributed by atoms with E-state index in [-0.39, 0.29) is 23.7 Å². The summed E-state index contributed by atoms with van der Waals surface area (Å²) in [5, 5.41) is 17.0. The molecule has 0 atom stereocenters. The number of hydrogen-bond acceptors (Lipinski definition) is 8. The van der Waals surface area contributed by atoms with Gasteiger partial charge in [-0.1, -0.05) is 12.1 Å². The molecule has 2 aliphatic rings. The van der Waals surface area contributed by atoms with Crippen LogP contribution in [0.1, 0.15) is 26.3 Å². The van der Waals surface area contributed by atoms with E-state index in [9.17, 15) is 22.8 Å². The van der Waals surface area contributed by atoms with Crippen LogP contribution < -0.4 is 20.1 Å². The Morgan fingerprint density at radius 3 is 2.03 bits per heavy atom. The standard InChI is InChI=1S/C12H8O3.C8H6O4.CH6N2O2S/c13-10-3-2-9(10)5-8-1-4-11-12(6-8)15-7-14-11;9-7(10)5-2-1-3-6(4-5)8(11)12;1-6(4,5)3-2/h1-6H,7H2;1-4H,(H,9,10)(H,11,12);3H,2H2,1H3. The molecule has 174 valence electrons. The van der Waals surface area contributed by atoms with E-state index in [2.05, 4.69) is 5.84 Å². The summed E-state index contributed by atoms with van der Waals surface area (Å²) in [7, 11) is -3.13. The third-order valence-corrected chi connectivity index (χ3v) is 4.42. The zero-order valence-electron chi connectivity index (χ0n) is 17.2. The highest BCUT2D eigenvalue weighted by atomic mass is 32.2. The Morgan fingerprint density at radius 1 is 1.00 bits per heavy atom. The van der Waals surface area contributed by atoms with E-state index in [0.717, 1.165) is 35.0 Å². The monoisotopic (exact) mass is 476 g/mol. The van der Waals surface area contributed by atoms with Crippen LogP contribution >= 0.6 is 0 Å². The summed E-state index contributed by atoms with van der Waals surface area (Å²) in [4.78, 5) is 33.4. The summed E-state index contributed by atoms with van der Waals surface area (Å²) in [6.07, 6.45) is 6.17. The molecule has 0 saturated heterocycles. The number of benzene rings is 2. The molecule has 1 aliphatic carbocycles. The van der Waals surface area contributed by atoms with Gasteiger partial charge in [-0.05, 0) is 54.1 Å². The van der Waals surface area contributed by atoms with Crippen molar-refractivity contribution in [2.45, 2.75) is 0 Å². The van der Waals surface area contributed by atoms with Gasteiger partial charge in [-0.15, -0.1) is 0 Å². The van der Waals surface area contributed by atoms with Crippen LogP contribution in [-0.2, 0) is 14.8 Å². The molecule has 0 unspecified atom stereocenters. The van der Waals surface area contributed by atoms with Gasteiger partial charge in [-0.25, -0.2) is 18.0 Å². The van der Waals surface area contributed by atoms with Gasteiger partial charge in [0.15, 0.2) is 17.3 Å². The van der Waals surface area contributed by atoms with E-state index < -0.39 is 22.0 Å². The molecule has 2 aromatic carbocycles. The summed E-state index contributed by atoms with van der Waals surface area (Å²) >= 11 is 0. The molecular formula is C21H20N2O9S. The molecule has 4 rings (SSSR count). The second kappa shape index (κ2) is 11.0. The molecule has 12 heteroatoms. The molecular weight excluding hydrogens is 456 g/mol. The lowest BCUT2D eigenvalue weighted by atomic mass is 9.98. The molecule has 0 amide bonds. The average molecular weight is 476 g/mol. The van der Waals surface area contributed by atoms with Gasteiger partial charge >= 0.3 is 11.9 Å². The molecule has 0 saturated carbocycles. The van der Waals surface area contributed by atoms with Crippen LogP contribution in [-0.4, -0.2) is 49.4 Å². The minimum Gasteiger partial charge on any atom is -0.478 e. The first kappa shape index (κ1) is 25.3. The predicted molar refractivity (Wildman–Crippen MR) is 117 cm³/mol. The number of nitrogens with two attached hydrogens (primary N) is 1. The lowest BCUT2D eigenvalue weighted by molar-refractivity contribution is -0.111. The maximum absolute atomic E-state index is 11.1. The summed E-state index contributed by atoms with van der Waals surface area (Å²) in [5.74, 6) is 3.78. The van der Waals surface area contributed by atoms with E-state index in [1.807, 2.05) is 24.3 Å². The van der Waals surface area contributed by atoms with E-state index in [1.54, 1.807) is 17.0 Å². The first-order valence-electron chi connectivity index (χ1n) is 9.08. The lowest BCUT2D eigenvalue weighted by Crippen LogP contribution is -2.28. The highest BCUT2D eigenvalue weighted by Crippen LogP contribution is 2.33. The van der Waals surface area contributed by atoms with Gasteiger partial charge in [0.1, 0.15) is 0 Å². The van der Waals surface area contributed by atoms with E-state index >= 15 is 0 Å². The number of rotatable bonds is 4. The molecule has 0 spiro atoms. The quantitative estimate of drug-likeness (QED) is 0.286. The van der Waals surface area contributed by atoms with E-state index in [1.165, 1.54) is 18.2 Å². The van der Waals surface area contributed by atoms with Crippen LogP contribution in [0.15, 0.2) is 60.2 Å². The Labute approximate surface area is 188 Å². The summed E-state index contributed by atoms with van der Waals surface area (Å²) in [6, 6.07) is 10.8. The summed E-state index contributed by atoms with van der Waals surface area (Å²) < 4.78 is 30.0. The van der Waals surface area contributed by atoms with Gasteiger partial charge in [0.2, 0.25) is 16.8 Å². The zero-order valence-corrected chi connectivity index (χ0v) is 18.0. The second-order valence-electron chi connectivity index (χ2n) is 6.49. The minimum atomic E-state index is -3.13. The molecule has 1 heterocycles. The Hall–Kier alpha value is -4.00.